The molecule has 0 spiro atoms. The summed E-state index contributed by atoms with van der Waals surface area (Å²) in [5, 5.41) is 0.313. The van der Waals surface area contributed by atoms with Crippen molar-refractivity contribution in [3.05, 3.63) is 32.5 Å². The van der Waals surface area contributed by atoms with Gasteiger partial charge >= 0.3 is 0 Å². The Morgan fingerprint density at radius 1 is 1.29 bits per heavy atom. The third-order valence-electron chi connectivity index (χ3n) is 1.83. The maximum atomic E-state index is 13.3. The number of benzene rings is 1. The summed E-state index contributed by atoms with van der Waals surface area (Å²) in [6.45, 7) is 0. The van der Waals surface area contributed by atoms with Gasteiger partial charge in [0, 0.05) is 13.7 Å². The smallest absolute Gasteiger partial charge is 0.206 e. The summed E-state index contributed by atoms with van der Waals surface area (Å²) in [5.74, 6) is -0.435. The number of halogens is 4. The molecule has 1 aromatic carbocycles. The van der Waals surface area contributed by atoms with Crippen molar-refractivity contribution in [2.75, 3.05) is 0 Å². The van der Waals surface area contributed by atoms with Gasteiger partial charge in [-0.05, 0) is 34.7 Å². The van der Waals surface area contributed by atoms with Crippen molar-refractivity contribution >= 4 is 44.0 Å². The fraction of sp³-hybridized carbons (Fsp3) is 0.111. The summed E-state index contributed by atoms with van der Waals surface area (Å²) >= 11 is 2.71. The molecule has 1 heterocycles. The van der Waals surface area contributed by atoms with Gasteiger partial charge in [0.2, 0.25) is 0 Å². The van der Waals surface area contributed by atoms with E-state index in [0.29, 0.717) is 13.7 Å². The Morgan fingerprint density at radius 2 is 2.00 bits per heavy atom. The summed E-state index contributed by atoms with van der Waals surface area (Å²) in [7, 11) is 0. The van der Waals surface area contributed by atoms with Gasteiger partial charge in [-0.3, -0.25) is 0 Å². The average Bonchev–Trinajstić information content (AvgIpc) is 2.45. The van der Waals surface area contributed by atoms with Gasteiger partial charge in [-0.25, -0.2) is 13.2 Å². The first-order chi connectivity index (χ1) is 6.61. The second kappa shape index (κ2) is 3.69. The van der Waals surface area contributed by atoms with Gasteiger partial charge in [0.25, 0.3) is 6.43 Å². The average molecular weight is 328 g/mol. The van der Waals surface area contributed by atoms with E-state index in [1.807, 2.05) is 0 Å². The van der Waals surface area contributed by atoms with Crippen LogP contribution in [0.5, 0.6) is 0 Å². The molecule has 0 saturated carbocycles. The van der Waals surface area contributed by atoms with Crippen molar-refractivity contribution in [2.45, 2.75) is 6.43 Å². The molecule has 0 atom stereocenters. The van der Waals surface area contributed by atoms with Crippen molar-refractivity contribution in [1.29, 1.82) is 0 Å². The number of hydrogen-bond donors (Lipinski definition) is 0. The maximum Gasteiger partial charge on any atom is 0.273 e. The molecule has 0 bridgehead atoms. The zero-order chi connectivity index (χ0) is 10.3. The largest absolute Gasteiger partial charge is 0.273 e. The lowest BCUT2D eigenvalue weighted by Crippen LogP contribution is -1.82. The Morgan fingerprint density at radius 3 is 2.57 bits per heavy atom. The summed E-state index contributed by atoms with van der Waals surface area (Å²) in [6.07, 6.45) is -2.53. The van der Waals surface area contributed by atoms with Crippen LogP contribution < -0.4 is 0 Å². The lowest BCUT2D eigenvalue weighted by Gasteiger charge is -1.94. The molecule has 5 heteroatoms. The van der Waals surface area contributed by atoms with Crippen molar-refractivity contribution in [3.63, 3.8) is 0 Å². The van der Waals surface area contributed by atoms with E-state index in [4.69, 9.17) is 0 Å². The number of rotatable bonds is 1. The lowest BCUT2D eigenvalue weighted by atomic mass is 10.2. The van der Waals surface area contributed by atoms with Crippen LogP contribution in [0.1, 0.15) is 11.3 Å². The van der Waals surface area contributed by atoms with Crippen LogP contribution in [-0.2, 0) is 0 Å². The van der Waals surface area contributed by atoms with Crippen LogP contribution in [0, 0.1) is 9.39 Å². The van der Waals surface area contributed by atoms with Crippen LogP contribution in [-0.4, -0.2) is 0 Å². The van der Waals surface area contributed by atoms with E-state index in [1.54, 1.807) is 28.7 Å². The summed E-state index contributed by atoms with van der Waals surface area (Å²) < 4.78 is 39.1. The number of thiophene rings is 1. The summed E-state index contributed by atoms with van der Waals surface area (Å²) in [6, 6.07) is 4.46. The van der Waals surface area contributed by atoms with Crippen LogP contribution >= 0.6 is 33.9 Å². The second-order valence-electron chi connectivity index (χ2n) is 2.69. The van der Waals surface area contributed by atoms with E-state index < -0.39 is 12.2 Å². The molecule has 0 aliphatic rings. The molecule has 0 saturated heterocycles. The van der Waals surface area contributed by atoms with E-state index in [0.717, 1.165) is 11.3 Å². The van der Waals surface area contributed by atoms with Gasteiger partial charge < -0.3 is 0 Å². The molecule has 0 radical (unpaired) electrons. The minimum Gasteiger partial charge on any atom is -0.206 e. The zero-order valence-electron chi connectivity index (χ0n) is 6.73. The van der Waals surface area contributed by atoms with Crippen molar-refractivity contribution in [2.24, 2.45) is 0 Å². The van der Waals surface area contributed by atoms with Crippen LogP contribution in [0.3, 0.4) is 0 Å². The minimum atomic E-state index is -2.53. The third kappa shape index (κ3) is 1.52. The van der Waals surface area contributed by atoms with Gasteiger partial charge in [-0.2, -0.15) is 0 Å². The molecule has 0 aliphatic carbocycles. The summed E-state index contributed by atoms with van der Waals surface area (Å²) in [5.41, 5.74) is 0. The van der Waals surface area contributed by atoms with Crippen molar-refractivity contribution in [1.82, 2.24) is 0 Å². The van der Waals surface area contributed by atoms with E-state index >= 15 is 0 Å². The molecule has 0 amide bonds. The molecule has 0 N–H and O–H groups in total. The molecule has 2 rings (SSSR count). The highest BCUT2D eigenvalue weighted by atomic mass is 127. The van der Waals surface area contributed by atoms with Crippen LogP contribution in [0.4, 0.5) is 13.2 Å². The van der Waals surface area contributed by atoms with E-state index in [-0.39, 0.29) is 4.88 Å². The van der Waals surface area contributed by atoms with Crippen molar-refractivity contribution < 1.29 is 13.2 Å². The highest BCUT2D eigenvalue weighted by Gasteiger charge is 2.19. The highest BCUT2D eigenvalue weighted by Crippen LogP contribution is 2.39. The molecule has 0 nitrogen and oxygen atoms in total. The number of fused-ring (bicyclic) bond motifs is 1. The van der Waals surface area contributed by atoms with Crippen LogP contribution in [0.2, 0.25) is 0 Å². The van der Waals surface area contributed by atoms with E-state index in [9.17, 15) is 13.2 Å². The predicted octanol–water partition coefficient (Wildman–Crippen LogP) is 4.58. The predicted molar refractivity (Wildman–Crippen MR) is 59.5 cm³/mol. The van der Waals surface area contributed by atoms with E-state index in [2.05, 4.69) is 0 Å². The van der Waals surface area contributed by atoms with Gasteiger partial charge in [0.15, 0.2) is 0 Å². The second-order valence-corrected chi connectivity index (χ2v) is 4.86. The Labute approximate surface area is 95.9 Å². The molecule has 0 unspecified atom stereocenters. The normalized spacial score (nSPS) is 11.5. The molecule has 1 aromatic heterocycles. The highest BCUT2D eigenvalue weighted by molar-refractivity contribution is 14.1. The monoisotopic (exact) mass is 328 g/mol. The number of hydrogen-bond acceptors (Lipinski definition) is 1. The standard InChI is InChI=1S/C9H4F3IS/c10-4-2-1-3-5-6(4)7(13)8(14-5)9(11)12/h1-3,9H. The first kappa shape index (κ1) is 10.2. The molecular formula is C9H4F3IS. The molecular weight excluding hydrogens is 324 g/mol. The molecule has 0 fully saturated rings. The van der Waals surface area contributed by atoms with Gasteiger partial charge in [-0.1, -0.05) is 6.07 Å². The van der Waals surface area contributed by atoms with Crippen LogP contribution in [0.15, 0.2) is 18.2 Å². The Bertz CT molecular complexity index is 478. The number of alkyl halides is 2. The Balaban J connectivity index is 2.81. The first-order valence-corrected chi connectivity index (χ1v) is 5.65. The van der Waals surface area contributed by atoms with Crippen LogP contribution in [0.25, 0.3) is 10.1 Å². The molecule has 2 aromatic rings. The maximum absolute atomic E-state index is 13.3. The van der Waals surface area contributed by atoms with Gasteiger partial charge in [0.05, 0.1) is 4.88 Å². The Hall–Kier alpha value is -0.300. The lowest BCUT2D eigenvalue weighted by molar-refractivity contribution is 0.155. The van der Waals surface area contributed by atoms with Crippen molar-refractivity contribution in [3.8, 4) is 0 Å². The first-order valence-electron chi connectivity index (χ1n) is 3.76. The molecule has 74 valence electrons. The zero-order valence-corrected chi connectivity index (χ0v) is 9.70. The fourth-order valence-corrected chi connectivity index (χ4v) is 3.49. The van der Waals surface area contributed by atoms with E-state index in [1.165, 1.54) is 12.1 Å². The Kier molecular flexibility index (Phi) is 2.70. The SMILES string of the molecule is Fc1cccc2sc(C(F)F)c(I)c12. The van der Waals surface area contributed by atoms with Gasteiger partial charge in [-0.15, -0.1) is 11.3 Å². The quantitative estimate of drug-likeness (QED) is 0.672. The fourth-order valence-electron chi connectivity index (χ4n) is 1.23. The topological polar surface area (TPSA) is 0 Å². The summed E-state index contributed by atoms with van der Waals surface area (Å²) in [4.78, 5) is -0.0503. The minimum absolute atomic E-state index is 0.0503. The molecule has 0 aliphatic heterocycles. The third-order valence-corrected chi connectivity index (χ3v) is 4.48. The molecule has 14 heavy (non-hydrogen) atoms. The van der Waals surface area contributed by atoms with Gasteiger partial charge in [0.1, 0.15) is 5.82 Å².